The molecular weight excluding hydrogens is 468 g/mol. The zero-order chi connectivity index (χ0) is 24.0. The molecule has 0 unspecified atom stereocenters. The normalized spacial score (nSPS) is 15.6. The zero-order valence-corrected chi connectivity index (χ0v) is 20.7. The maximum absolute atomic E-state index is 12.6. The first-order valence-corrected chi connectivity index (χ1v) is 13.5. The number of anilines is 1. The van der Waals surface area contributed by atoms with E-state index in [0.29, 0.717) is 32.7 Å². The largest absolute Gasteiger partial charge is 0.326 e. The highest BCUT2D eigenvalue weighted by atomic mass is 32.2. The summed E-state index contributed by atoms with van der Waals surface area (Å²) in [5.41, 5.74) is 3.68. The number of hydrogen-bond acceptors (Lipinski definition) is 6. The van der Waals surface area contributed by atoms with Gasteiger partial charge in [-0.1, -0.05) is 48.0 Å². The van der Waals surface area contributed by atoms with Crippen LogP contribution < -0.4 is 5.32 Å². The molecule has 1 aliphatic heterocycles. The first-order chi connectivity index (χ1) is 16.4. The Morgan fingerprint density at radius 1 is 1.06 bits per heavy atom. The van der Waals surface area contributed by atoms with Gasteiger partial charge in [-0.15, -0.1) is 11.3 Å². The molecule has 0 bridgehead atoms. The van der Waals surface area contributed by atoms with Crippen molar-refractivity contribution in [2.75, 3.05) is 31.5 Å². The van der Waals surface area contributed by atoms with Gasteiger partial charge in [0.2, 0.25) is 15.9 Å². The number of amides is 1. The van der Waals surface area contributed by atoms with Crippen LogP contribution in [-0.4, -0.2) is 54.7 Å². The summed E-state index contributed by atoms with van der Waals surface area (Å²) in [7, 11) is -3.45. The average molecular weight is 497 g/mol. The topological polar surface area (TPSA) is 82.6 Å². The van der Waals surface area contributed by atoms with Gasteiger partial charge in [0.25, 0.3) is 0 Å². The third kappa shape index (κ3) is 6.83. The number of carbonyl (C=O) groups is 1. The van der Waals surface area contributed by atoms with Gasteiger partial charge in [0.05, 0.1) is 12.1 Å². The van der Waals surface area contributed by atoms with E-state index in [1.807, 2.05) is 66.9 Å². The standard InChI is InChI=1S/C25H28N4O3S2/c1-20-7-9-22(10-8-20)26-24(30)17-25-27-23(19-33-25)18-28-12-14-29(15-13-28)34(31,32)16-11-21-5-3-2-4-6-21/h2-11,16,19H,12-15,17-18H2,1H3,(H,26,30). The third-order valence-corrected chi connectivity index (χ3v) is 8.02. The van der Waals surface area contributed by atoms with Crippen molar-refractivity contribution in [1.82, 2.24) is 14.2 Å². The van der Waals surface area contributed by atoms with Crippen LogP contribution in [-0.2, 0) is 27.8 Å². The van der Waals surface area contributed by atoms with Gasteiger partial charge < -0.3 is 5.32 Å². The van der Waals surface area contributed by atoms with Crippen LogP contribution in [0.5, 0.6) is 0 Å². The van der Waals surface area contributed by atoms with Gasteiger partial charge in [-0.3, -0.25) is 9.69 Å². The number of piperazine rings is 1. The maximum atomic E-state index is 12.6. The average Bonchev–Trinajstić information content (AvgIpc) is 3.27. The molecule has 1 aromatic heterocycles. The molecule has 0 atom stereocenters. The zero-order valence-electron chi connectivity index (χ0n) is 19.1. The SMILES string of the molecule is Cc1ccc(NC(=O)Cc2nc(CN3CCN(S(=O)(=O)C=Cc4ccccc4)CC3)cs2)cc1. The molecule has 1 saturated heterocycles. The Balaban J connectivity index is 1.25. The highest BCUT2D eigenvalue weighted by molar-refractivity contribution is 7.92. The van der Waals surface area contributed by atoms with Crippen molar-refractivity contribution in [1.29, 1.82) is 0 Å². The van der Waals surface area contributed by atoms with Crippen LogP contribution in [0.1, 0.15) is 21.8 Å². The van der Waals surface area contributed by atoms with E-state index >= 15 is 0 Å². The Morgan fingerprint density at radius 2 is 1.76 bits per heavy atom. The van der Waals surface area contributed by atoms with Crippen molar-refractivity contribution >= 4 is 39.0 Å². The molecule has 1 aliphatic rings. The molecule has 4 rings (SSSR count). The van der Waals surface area contributed by atoms with E-state index < -0.39 is 10.0 Å². The van der Waals surface area contributed by atoms with Crippen LogP contribution >= 0.6 is 11.3 Å². The number of carbonyl (C=O) groups excluding carboxylic acids is 1. The van der Waals surface area contributed by atoms with E-state index in [-0.39, 0.29) is 12.3 Å². The van der Waals surface area contributed by atoms with Crippen molar-refractivity contribution in [2.24, 2.45) is 0 Å². The molecule has 178 valence electrons. The van der Waals surface area contributed by atoms with Crippen molar-refractivity contribution in [3.8, 4) is 0 Å². The second-order valence-corrected chi connectivity index (χ2v) is 11.0. The molecule has 3 aromatic rings. The Hall–Kier alpha value is -2.85. The lowest BCUT2D eigenvalue weighted by atomic mass is 10.2. The first kappa shape index (κ1) is 24.3. The molecule has 0 saturated carbocycles. The summed E-state index contributed by atoms with van der Waals surface area (Å²) >= 11 is 1.47. The fraction of sp³-hybridized carbons (Fsp3) is 0.280. The lowest BCUT2D eigenvalue weighted by Gasteiger charge is -2.32. The second kappa shape index (κ2) is 11.1. The van der Waals surface area contributed by atoms with Gasteiger partial charge in [0.1, 0.15) is 5.01 Å². The number of hydrogen-bond donors (Lipinski definition) is 1. The van der Waals surface area contributed by atoms with Crippen LogP contribution in [0, 0.1) is 6.92 Å². The number of nitrogens with one attached hydrogen (secondary N) is 1. The number of benzene rings is 2. The van der Waals surface area contributed by atoms with Crippen molar-refractivity contribution in [2.45, 2.75) is 19.9 Å². The van der Waals surface area contributed by atoms with Crippen LogP contribution in [0.2, 0.25) is 0 Å². The Kier molecular flexibility index (Phi) is 7.89. The molecule has 7 nitrogen and oxygen atoms in total. The van der Waals surface area contributed by atoms with Gasteiger partial charge in [0.15, 0.2) is 0 Å². The fourth-order valence-corrected chi connectivity index (χ4v) is 5.63. The lowest BCUT2D eigenvalue weighted by Crippen LogP contribution is -2.47. The summed E-state index contributed by atoms with van der Waals surface area (Å²) in [6.45, 7) is 4.81. The summed E-state index contributed by atoms with van der Waals surface area (Å²) < 4.78 is 26.8. The Morgan fingerprint density at radius 3 is 2.47 bits per heavy atom. The quantitative estimate of drug-likeness (QED) is 0.514. The molecule has 2 aromatic carbocycles. The smallest absolute Gasteiger partial charge is 0.236 e. The summed E-state index contributed by atoms with van der Waals surface area (Å²) in [5.74, 6) is -0.0906. The molecule has 1 N–H and O–H groups in total. The predicted octanol–water partition coefficient (Wildman–Crippen LogP) is 3.75. The number of nitrogens with zero attached hydrogens (tertiary/aromatic N) is 3. The van der Waals surface area contributed by atoms with Gasteiger partial charge in [-0.2, -0.15) is 4.31 Å². The maximum Gasteiger partial charge on any atom is 0.236 e. The van der Waals surface area contributed by atoms with Gasteiger partial charge in [-0.05, 0) is 30.7 Å². The monoisotopic (exact) mass is 496 g/mol. The van der Waals surface area contributed by atoms with Crippen LogP contribution in [0.4, 0.5) is 5.69 Å². The molecule has 0 aliphatic carbocycles. The fourth-order valence-electron chi connectivity index (χ4n) is 3.67. The van der Waals surface area contributed by atoms with E-state index in [0.717, 1.165) is 27.5 Å². The number of rotatable bonds is 8. The Bertz CT molecular complexity index is 1230. The van der Waals surface area contributed by atoms with Crippen LogP contribution in [0.15, 0.2) is 65.4 Å². The van der Waals surface area contributed by atoms with E-state index in [2.05, 4.69) is 15.2 Å². The summed E-state index contributed by atoms with van der Waals surface area (Å²) in [6, 6.07) is 17.1. The van der Waals surface area contributed by atoms with E-state index in [1.54, 1.807) is 6.08 Å². The number of aromatic nitrogens is 1. The van der Waals surface area contributed by atoms with Crippen molar-refractivity contribution in [3.05, 3.63) is 87.2 Å². The minimum atomic E-state index is -3.45. The first-order valence-electron chi connectivity index (χ1n) is 11.1. The van der Waals surface area contributed by atoms with Gasteiger partial charge >= 0.3 is 0 Å². The molecular formula is C25H28N4O3S2. The lowest BCUT2D eigenvalue weighted by molar-refractivity contribution is -0.115. The highest BCUT2D eigenvalue weighted by Crippen LogP contribution is 2.17. The van der Waals surface area contributed by atoms with Crippen molar-refractivity contribution < 1.29 is 13.2 Å². The molecule has 34 heavy (non-hydrogen) atoms. The van der Waals surface area contributed by atoms with E-state index in [1.165, 1.54) is 21.1 Å². The summed E-state index contributed by atoms with van der Waals surface area (Å²) in [4.78, 5) is 19.1. The highest BCUT2D eigenvalue weighted by Gasteiger charge is 2.25. The van der Waals surface area contributed by atoms with Gasteiger partial charge in [-0.25, -0.2) is 13.4 Å². The summed E-state index contributed by atoms with van der Waals surface area (Å²) in [6.07, 6.45) is 1.87. The number of sulfonamides is 1. The molecule has 0 spiro atoms. The molecule has 2 heterocycles. The second-order valence-electron chi connectivity index (χ2n) is 8.26. The van der Waals surface area contributed by atoms with E-state index in [9.17, 15) is 13.2 Å². The molecule has 9 heteroatoms. The van der Waals surface area contributed by atoms with Crippen LogP contribution in [0.3, 0.4) is 0 Å². The Labute approximate surface area is 204 Å². The molecule has 1 fully saturated rings. The minimum Gasteiger partial charge on any atom is -0.326 e. The van der Waals surface area contributed by atoms with E-state index in [4.69, 9.17) is 0 Å². The minimum absolute atomic E-state index is 0.0906. The third-order valence-electron chi connectivity index (χ3n) is 5.56. The predicted molar refractivity (Wildman–Crippen MR) is 137 cm³/mol. The molecule has 1 amide bonds. The number of thiazole rings is 1. The van der Waals surface area contributed by atoms with Crippen molar-refractivity contribution in [3.63, 3.8) is 0 Å². The van der Waals surface area contributed by atoms with Gasteiger partial charge in [0, 0.05) is 49.2 Å². The summed E-state index contributed by atoms with van der Waals surface area (Å²) in [5, 5.41) is 6.92. The molecule has 0 radical (unpaired) electrons. The number of aryl methyl sites for hydroxylation is 1. The van der Waals surface area contributed by atoms with Crippen LogP contribution in [0.25, 0.3) is 6.08 Å².